The van der Waals surface area contributed by atoms with Crippen molar-refractivity contribution in [2.75, 3.05) is 78.5 Å². The second-order valence-corrected chi connectivity index (χ2v) is 9.72. The zero-order valence-electron chi connectivity index (χ0n) is 28.2. The molecule has 0 aromatic carbocycles. The van der Waals surface area contributed by atoms with Gasteiger partial charge in [-0.1, -0.05) is 20.8 Å². The molecule has 0 aromatic rings. The van der Waals surface area contributed by atoms with E-state index in [-0.39, 0.29) is 59.2 Å². The first-order chi connectivity index (χ1) is 22.4. The van der Waals surface area contributed by atoms with Gasteiger partial charge in [0, 0.05) is 58.9 Å². The molecule has 3 N–H and O–H groups in total. The average Bonchev–Trinajstić information content (AvgIpc) is 2.92. The van der Waals surface area contributed by atoms with Gasteiger partial charge in [0.1, 0.15) is 0 Å². The predicted molar refractivity (Wildman–Crippen MR) is 161 cm³/mol. The Bertz CT molecular complexity index is 892. The fourth-order valence-electron chi connectivity index (χ4n) is 3.17. The van der Waals surface area contributed by atoms with Crippen LogP contribution in [0.25, 0.3) is 0 Å². The molecule has 276 valence electrons. The van der Waals surface area contributed by atoms with Gasteiger partial charge in [-0.05, 0) is 19.3 Å². The number of nitrogens with zero attached hydrogens (tertiary/aromatic N) is 3. The molecular formula is C27H42Ga2N6O15. The monoisotopic (exact) mass is 828 g/mol. The van der Waals surface area contributed by atoms with Gasteiger partial charge in [0.25, 0.3) is 0 Å². The molecule has 0 fully saturated rings. The fraction of sp³-hybridized carbons (Fsp3) is 0.667. The predicted octanol–water partition coefficient (Wildman–Crippen LogP) is -11.8. The van der Waals surface area contributed by atoms with Gasteiger partial charge in [-0.2, -0.15) is 0 Å². The molecule has 0 bridgehead atoms. The minimum Gasteiger partial charge on any atom is -0.549 e. The van der Waals surface area contributed by atoms with Crippen LogP contribution in [0.3, 0.4) is 0 Å². The SMILES string of the molecule is CCCNC(=O)CN(CC(=O)[O-])CC(=O)[O-].CCCNC(=O)CN(CC(=O)[O-])CC(=O)[O-].CCCNC(=O)CN(CC(=O)[O-])CC(=O)[O-].[Ga+3].[Ga+3]. The summed E-state index contributed by atoms with van der Waals surface area (Å²) in [4.78, 5) is 98.1. The van der Waals surface area contributed by atoms with Crippen LogP contribution in [0.5, 0.6) is 0 Å². The molecule has 50 heavy (non-hydrogen) atoms. The second kappa shape index (κ2) is 35.2. The van der Waals surface area contributed by atoms with E-state index in [4.69, 9.17) is 0 Å². The summed E-state index contributed by atoms with van der Waals surface area (Å²) < 4.78 is 0. The normalized spacial score (nSPS) is 9.72. The molecule has 0 aliphatic heterocycles. The van der Waals surface area contributed by atoms with Crippen molar-refractivity contribution in [3.8, 4) is 0 Å². The molecule has 0 aromatic heterocycles. The number of hydrogen-bond donors (Lipinski definition) is 3. The van der Waals surface area contributed by atoms with E-state index in [2.05, 4.69) is 16.0 Å². The van der Waals surface area contributed by atoms with E-state index in [1.165, 1.54) is 0 Å². The molecule has 0 rings (SSSR count). The number of hydrogen-bond acceptors (Lipinski definition) is 18. The van der Waals surface area contributed by atoms with E-state index in [0.29, 0.717) is 19.6 Å². The van der Waals surface area contributed by atoms with Crippen LogP contribution in [-0.2, 0) is 43.2 Å². The molecule has 0 aliphatic rings. The summed E-state index contributed by atoms with van der Waals surface area (Å²) in [5.74, 6) is -9.92. The Morgan fingerprint density at radius 3 is 0.640 bits per heavy atom. The van der Waals surface area contributed by atoms with E-state index in [9.17, 15) is 73.8 Å². The number of carbonyl (C=O) groups is 9. The van der Waals surface area contributed by atoms with Gasteiger partial charge >= 0.3 is 39.6 Å². The zero-order valence-corrected chi connectivity index (χ0v) is 33.1. The number of nitrogens with one attached hydrogen (secondary N) is 3. The third-order valence-electron chi connectivity index (χ3n) is 4.93. The number of carbonyl (C=O) groups excluding carboxylic acids is 9. The van der Waals surface area contributed by atoms with E-state index in [1.54, 1.807) is 0 Å². The maximum atomic E-state index is 11.2. The van der Waals surface area contributed by atoms with E-state index in [1.807, 2.05) is 20.8 Å². The number of carboxylic acid groups (broad SMARTS) is 6. The third-order valence-corrected chi connectivity index (χ3v) is 4.93. The van der Waals surface area contributed by atoms with Crippen molar-refractivity contribution < 1.29 is 73.8 Å². The molecule has 0 saturated carbocycles. The van der Waals surface area contributed by atoms with E-state index < -0.39 is 92.8 Å². The maximum absolute atomic E-state index is 11.2. The number of amides is 3. The Balaban J connectivity index is -0.000000199. The molecule has 0 atom stereocenters. The van der Waals surface area contributed by atoms with Crippen LogP contribution >= 0.6 is 0 Å². The average molecular weight is 830 g/mol. The summed E-state index contributed by atoms with van der Waals surface area (Å²) in [6, 6.07) is 0. The second-order valence-electron chi connectivity index (χ2n) is 9.72. The minimum absolute atomic E-state index is 0. The van der Waals surface area contributed by atoms with Crippen molar-refractivity contribution in [1.29, 1.82) is 0 Å². The Morgan fingerprint density at radius 1 is 0.360 bits per heavy atom. The maximum Gasteiger partial charge on any atom is 3.00 e. The van der Waals surface area contributed by atoms with Gasteiger partial charge in [0.05, 0.1) is 55.5 Å². The summed E-state index contributed by atoms with van der Waals surface area (Å²) in [5.41, 5.74) is 0. The van der Waals surface area contributed by atoms with Gasteiger partial charge in [0.2, 0.25) is 17.7 Å². The van der Waals surface area contributed by atoms with Crippen LogP contribution in [-0.4, -0.2) is 186 Å². The number of carboxylic acids is 6. The first-order valence-corrected chi connectivity index (χ1v) is 14.5. The van der Waals surface area contributed by atoms with Crippen LogP contribution in [0.1, 0.15) is 40.0 Å². The molecule has 0 radical (unpaired) electrons. The topological polar surface area (TPSA) is 338 Å². The minimum atomic E-state index is -1.44. The van der Waals surface area contributed by atoms with Crippen LogP contribution in [0.15, 0.2) is 0 Å². The summed E-state index contributed by atoms with van der Waals surface area (Å²) in [5, 5.41) is 69.2. The molecule has 0 spiro atoms. The van der Waals surface area contributed by atoms with Crippen molar-refractivity contribution in [3.05, 3.63) is 0 Å². The quantitative estimate of drug-likeness (QED) is 0.0760. The zero-order chi connectivity index (χ0) is 37.7. The molecule has 3 amide bonds. The summed E-state index contributed by atoms with van der Waals surface area (Å²) in [6.45, 7) is 2.35. The van der Waals surface area contributed by atoms with Crippen molar-refractivity contribution in [3.63, 3.8) is 0 Å². The molecular weight excluding hydrogens is 788 g/mol. The summed E-state index contributed by atoms with van der Waals surface area (Å²) >= 11 is 0. The van der Waals surface area contributed by atoms with Crippen molar-refractivity contribution >= 4 is 93.1 Å². The third kappa shape index (κ3) is 42.4. The largest absolute Gasteiger partial charge is 3.00 e. The smallest absolute Gasteiger partial charge is 0.549 e. The summed E-state index contributed by atoms with van der Waals surface area (Å²) in [6.07, 6.45) is 2.23. The fourth-order valence-corrected chi connectivity index (χ4v) is 3.17. The standard InChI is InChI=1S/3C9H16N2O5.2Ga/c3*1-2-3-10-7(12)4-11(5-8(13)14)6-9(15)16;;/h3*2-6H2,1H3,(H,10,12)(H,13,14)(H,15,16);;/q;;;2*+3/p-6. The Morgan fingerprint density at radius 2 is 0.520 bits per heavy atom. The van der Waals surface area contributed by atoms with E-state index in [0.717, 1.165) is 34.0 Å². The first kappa shape index (κ1) is 55.8. The van der Waals surface area contributed by atoms with E-state index >= 15 is 0 Å². The number of rotatable bonds is 24. The molecule has 21 nitrogen and oxygen atoms in total. The van der Waals surface area contributed by atoms with Crippen LogP contribution < -0.4 is 46.6 Å². The molecule has 0 saturated heterocycles. The Kier molecular flexibility index (Phi) is 39.3. The molecule has 0 unspecified atom stereocenters. The van der Waals surface area contributed by atoms with Crippen LogP contribution in [0.4, 0.5) is 0 Å². The number of aliphatic carboxylic acids is 6. The van der Waals surface area contributed by atoms with Crippen molar-refractivity contribution in [1.82, 2.24) is 30.7 Å². The van der Waals surface area contributed by atoms with Gasteiger partial charge in [0.15, 0.2) is 0 Å². The Labute approximate surface area is 315 Å². The van der Waals surface area contributed by atoms with Gasteiger partial charge < -0.3 is 75.4 Å². The van der Waals surface area contributed by atoms with Crippen molar-refractivity contribution in [2.24, 2.45) is 0 Å². The summed E-state index contributed by atoms with van der Waals surface area (Å²) in [7, 11) is 0. The van der Waals surface area contributed by atoms with Crippen molar-refractivity contribution in [2.45, 2.75) is 40.0 Å². The van der Waals surface area contributed by atoms with Crippen LogP contribution in [0.2, 0.25) is 0 Å². The first-order valence-electron chi connectivity index (χ1n) is 14.5. The molecule has 23 heteroatoms. The van der Waals surface area contributed by atoms with Gasteiger partial charge in [-0.15, -0.1) is 0 Å². The molecule has 0 heterocycles. The van der Waals surface area contributed by atoms with Gasteiger partial charge in [-0.3, -0.25) is 29.1 Å². The van der Waals surface area contributed by atoms with Crippen LogP contribution in [0, 0.1) is 0 Å². The van der Waals surface area contributed by atoms with Gasteiger partial charge in [-0.25, -0.2) is 0 Å². The Hall–Kier alpha value is -3.62. The molecule has 0 aliphatic carbocycles.